The van der Waals surface area contributed by atoms with Gasteiger partial charge in [-0.15, -0.1) is 11.3 Å². The molecule has 4 nitrogen and oxygen atoms in total. The molecule has 0 fully saturated rings. The van der Waals surface area contributed by atoms with Gasteiger partial charge in [-0.1, -0.05) is 6.07 Å². The molecule has 1 aromatic carbocycles. The van der Waals surface area contributed by atoms with Gasteiger partial charge >= 0.3 is 0 Å². The summed E-state index contributed by atoms with van der Waals surface area (Å²) in [6.07, 6.45) is 0. The van der Waals surface area contributed by atoms with Crippen LogP contribution in [0.5, 0.6) is 11.5 Å². The standard InChI is InChI=1S/C14H18N2O2S/c1-10-14(19-9-16-10)8-15-7-11-4-5-12(17-2)13(6-11)18-3/h4-6,9,15H,7-8H2,1-3H3. The third-order valence-electron chi connectivity index (χ3n) is 2.91. The van der Waals surface area contributed by atoms with E-state index in [2.05, 4.69) is 10.3 Å². The van der Waals surface area contributed by atoms with Crippen molar-refractivity contribution >= 4 is 11.3 Å². The van der Waals surface area contributed by atoms with E-state index in [4.69, 9.17) is 9.47 Å². The van der Waals surface area contributed by atoms with Crippen molar-refractivity contribution in [2.75, 3.05) is 14.2 Å². The number of methoxy groups -OCH3 is 2. The number of aryl methyl sites for hydroxylation is 1. The lowest BCUT2D eigenvalue weighted by molar-refractivity contribution is 0.354. The first-order valence-electron chi connectivity index (χ1n) is 6.05. The zero-order valence-electron chi connectivity index (χ0n) is 11.4. The van der Waals surface area contributed by atoms with Gasteiger partial charge < -0.3 is 14.8 Å². The highest BCUT2D eigenvalue weighted by atomic mass is 32.1. The van der Waals surface area contributed by atoms with Crippen molar-refractivity contribution in [1.29, 1.82) is 0 Å². The van der Waals surface area contributed by atoms with Crippen molar-refractivity contribution in [3.05, 3.63) is 39.8 Å². The minimum atomic E-state index is 0.754. The lowest BCUT2D eigenvalue weighted by Crippen LogP contribution is -2.12. The van der Waals surface area contributed by atoms with Crippen LogP contribution in [0.4, 0.5) is 0 Å². The number of ether oxygens (including phenoxy) is 2. The van der Waals surface area contributed by atoms with Crippen molar-refractivity contribution in [1.82, 2.24) is 10.3 Å². The second-order valence-corrected chi connectivity index (χ2v) is 5.09. The summed E-state index contributed by atoms with van der Waals surface area (Å²) >= 11 is 1.68. The third kappa shape index (κ3) is 3.45. The molecule has 0 bridgehead atoms. The van der Waals surface area contributed by atoms with E-state index in [0.29, 0.717) is 0 Å². The Morgan fingerprint density at radius 3 is 2.58 bits per heavy atom. The van der Waals surface area contributed by atoms with Crippen molar-refractivity contribution in [3.63, 3.8) is 0 Å². The van der Waals surface area contributed by atoms with Gasteiger partial charge in [0, 0.05) is 18.0 Å². The first-order chi connectivity index (χ1) is 9.24. The van der Waals surface area contributed by atoms with E-state index in [0.717, 1.165) is 30.3 Å². The van der Waals surface area contributed by atoms with Crippen LogP contribution in [-0.2, 0) is 13.1 Å². The maximum absolute atomic E-state index is 5.29. The van der Waals surface area contributed by atoms with Gasteiger partial charge in [-0.2, -0.15) is 0 Å². The molecule has 5 heteroatoms. The number of hydrogen-bond donors (Lipinski definition) is 1. The van der Waals surface area contributed by atoms with E-state index in [-0.39, 0.29) is 0 Å². The summed E-state index contributed by atoms with van der Waals surface area (Å²) in [5.41, 5.74) is 4.15. The second-order valence-electron chi connectivity index (χ2n) is 4.15. The maximum Gasteiger partial charge on any atom is 0.161 e. The van der Waals surface area contributed by atoms with Crippen LogP contribution in [0.15, 0.2) is 23.7 Å². The highest BCUT2D eigenvalue weighted by molar-refractivity contribution is 7.09. The number of nitrogens with one attached hydrogen (secondary N) is 1. The summed E-state index contributed by atoms with van der Waals surface area (Å²) in [7, 11) is 3.29. The lowest BCUT2D eigenvalue weighted by Gasteiger charge is -2.10. The minimum absolute atomic E-state index is 0.754. The fourth-order valence-corrected chi connectivity index (χ4v) is 2.55. The molecule has 0 radical (unpaired) electrons. The van der Waals surface area contributed by atoms with Gasteiger partial charge in [-0.05, 0) is 24.6 Å². The second kappa shape index (κ2) is 6.54. The van der Waals surface area contributed by atoms with Crippen LogP contribution in [-0.4, -0.2) is 19.2 Å². The number of thiazole rings is 1. The van der Waals surface area contributed by atoms with Crippen LogP contribution in [0.3, 0.4) is 0 Å². The molecule has 19 heavy (non-hydrogen) atoms. The van der Waals surface area contributed by atoms with Crippen LogP contribution in [0.1, 0.15) is 16.1 Å². The first kappa shape index (κ1) is 13.8. The zero-order valence-corrected chi connectivity index (χ0v) is 12.2. The van der Waals surface area contributed by atoms with Gasteiger partial charge in [0.05, 0.1) is 25.4 Å². The SMILES string of the molecule is COc1ccc(CNCc2scnc2C)cc1OC. The molecule has 0 unspecified atom stereocenters. The van der Waals surface area contributed by atoms with E-state index in [1.165, 1.54) is 10.4 Å². The molecule has 0 aliphatic heterocycles. The molecule has 0 spiro atoms. The molecule has 2 aromatic rings. The molecular formula is C14H18N2O2S. The molecule has 0 saturated carbocycles. The average Bonchev–Trinajstić information content (AvgIpc) is 2.84. The highest BCUT2D eigenvalue weighted by Gasteiger charge is 2.05. The van der Waals surface area contributed by atoms with E-state index in [9.17, 15) is 0 Å². The average molecular weight is 278 g/mol. The van der Waals surface area contributed by atoms with Crippen LogP contribution in [0.25, 0.3) is 0 Å². The summed E-state index contributed by atoms with van der Waals surface area (Å²) in [6.45, 7) is 3.66. The number of aromatic nitrogens is 1. The fraction of sp³-hybridized carbons (Fsp3) is 0.357. The normalized spacial score (nSPS) is 10.5. The maximum atomic E-state index is 5.29. The highest BCUT2D eigenvalue weighted by Crippen LogP contribution is 2.27. The van der Waals surface area contributed by atoms with E-state index < -0.39 is 0 Å². The van der Waals surface area contributed by atoms with E-state index in [1.54, 1.807) is 25.6 Å². The summed E-state index contributed by atoms with van der Waals surface area (Å²) in [4.78, 5) is 5.51. The van der Waals surface area contributed by atoms with Gasteiger partial charge in [-0.3, -0.25) is 0 Å². The molecule has 0 amide bonds. The van der Waals surface area contributed by atoms with Crippen molar-refractivity contribution in [2.24, 2.45) is 0 Å². The Labute approximate surface area is 117 Å². The molecule has 102 valence electrons. The molecule has 0 aliphatic carbocycles. The minimum Gasteiger partial charge on any atom is -0.493 e. The summed E-state index contributed by atoms with van der Waals surface area (Å²) in [5.74, 6) is 1.51. The van der Waals surface area contributed by atoms with Crippen LogP contribution >= 0.6 is 11.3 Å². The van der Waals surface area contributed by atoms with Gasteiger partial charge in [0.25, 0.3) is 0 Å². The Bertz CT molecular complexity index is 540. The Morgan fingerprint density at radius 1 is 1.16 bits per heavy atom. The molecule has 0 aliphatic rings. The molecule has 0 atom stereocenters. The van der Waals surface area contributed by atoms with Crippen molar-refractivity contribution in [3.8, 4) is 11.5 Å². The molecule has 0 saturated heterocycles. The van der Waals surface area contributed by atoms with Crippen LogP contribution in [0.2, 0.25) is 0 Å². The van der Waals surface area contributed by atoms with Gasteiger partial charge in [0.2, 0.25) is 0 Å². The smallest absolute Gasteiger partial charge is 0.161 e. The number of benzene rings is 1. The lowest BCUT2D eigenvalue weighted by atomic mass is 10.2. The van der Waals surface area contributed by atoms with E-state index in [1.807, 2.05) is 30.6 Å². The monoisotopic (exact) mass is 278 g/mol. The topological polar surface area (TPSA) is 43.4 Å². The summed E-state index contributed by atoms with van der Waals surface area (Å²) in [5, 5.41) is 3.41. The van der Waals surface area contributed by atoms with Crippen LogP contribution < -0.4 is 14.8 Å². The molecule has 1 aromatic heterocycles. The summed E-state index contributed by atoms with van der Waals surface area (Å²) < 4.78 is 10.5. The summed E-state index contributed by atoms with van der Waals surface area (Å²) in [6, 6.07) is 5.95. The molecule has 1 N–H and O–H groups in total. The van der Waals surface area contributed by atoms with Gasteiger partial charge in [-0.25, -0.2) is 4.98 Å². The Kier molecular flexibility index (Phi) is 4.76. The largest absolute Gasteiger partial charge is 0.493 e. The predicted octanol–water partition coefficient (Wildman–Crippen LogP) is 2.76. The zero-order chi connectivity index (χ0) is 13.7. The van der Waals surface area contributed by atoms with Crippen molar-refractivity contribution < 1.29 is 9.47 Å². The quantitative estimate of drug-likeness (QED) is 0.882. The number of hydrogen-bond acceptors (Lipinski definition) is 5. The molecule has 1 heterocycles. The number of rotatable bonds is 6. The van der Waals surface area contributed by atoms with Crippen molar-refractivity contribution in [2.45, 2.75) is 20.0 Å². The third-order valence-corrected chi connectivity index (χ3v) is 3.84. The Balaban J connectivity index is 1.94. The number of nitrogens with zero attached hydrogens (tertiary/aromatic N) is 1. The van der Waals surface area contributed by atoms with E-state index >= 15 is 0 Å². The Hall–Kier alpha value is -1.59. The van der Waals surface area contributed by atoms with Gasteiger partial charge in [0.1, 0.15) is 0 Å². The molecular weight excluding hydrogens is 260 g/mol. The fourth-order valence-electron chi connectivity index (χ4n) is 1.81. The van der Waals surface area contributed by atoms with Crippen LogP contribution in [0, 0.1) is 6.92 Å². The predicted molar refractivity (Wildman–Crippen MR) is 76.9 cm³/mol. The van der Waals surface area contributed by atoms with Gasteiger partial charge in [0.15, 0.2) is 11.5 Å². The molecule has 2 rings (SSSR count). The first-order valence-corrected chi connectivity index (χ1v) is 6.93. The Morgan fingerprint density at radius 2 is 1.95 bits per heavy atom.